The van der Waals surface area contributed by atoms with Crippen molar-refractivity contribution in [2.75, 3.05) is 26.7 Å². The van der Waals surface area contributed by atoms with Crippen LogP contribution >= 0.6 is 0 Å². The monoisotopic (exact) mass is 356 g/mol. The zero-order chi connectivity index (χ0) is 18.0. The van der Waals surface area contributed by atoms with E-state index in [2.05, 4.69) is 10.1 Å². The maximum Gasteiger partial charge on any atom is 0.573 e. The largest absolute Gasteiger partial charge is 0.573 e. The van der Waals surface area contributed by atoms with E-state index in [4.69, 9.17) is 0 Å². The molecule has 0 radical (unpaired) electrons. The topological polar surface area (TPSA) is 41.6 Å². The number of likely N-dealkylation sites (tertiary alicyclic amines) is 1. The Balaban J connectivity index is 1.65. The molecule has 0 spiro atoms. The van der Waals surface area contributed by atoms with E-state index in [9.17, 15) is 18.0 Å². The molecule has 7 heteroatoms. The number of carbonyl (C=O) groups is 1. The van der Waals surface area contributed by atoms with Gasteiger partial charge in [0.15, 0.2) is 0 Å². The van der Waals surface area contributed by atoms with Crippen molar-refractivity contribution >= 4 is 5.91 Å². The molecule has 2 fully saturated rings. The molecule has 0 unspecified atom stereocenters. The number of carbonyl (C=O) groups excluding carboxylic acids is 1. The average Bonchev–Trinajstić information content (AvgIpc) is 3.34. The van der Waals surface area contributed by atoms with Gasteiger partial charge in [0.1, 0.15) is 5.75 Å². The van der Waals surface area contributed by atoms with Crippen LogP contribution in [-0.2, 0) is 4.79 Å². The highest BCUT2D eigenvalue weighted by Gasteiger charge is 2.48. The fourth-order valence-corrected chi connectivity index (χ4v) is 3.77. The van der Waals surface area contributed by atoms with E-state index >= 15 is 0 Å². The van der Waals surface area contributed by atoms with E-state index in [1.165, 1.54) is 12.1 Å². The van der Waals surface area contributed by atoms with Gasteiger partial charge in [0.2, 0.25) is 5.91 Å². The predicted molar refractivity (Wildman–Crippen MR) is 87.2 cm³/mol. The molecular weight excluding hydrogens is 333 g/mol. The van der Waals surface area contributed by atoms with Crippen molar-refractivity contribution in [3.63, 3.8) is 0 Å². The third-order valence-electron chi connectivity index (χ3n) is 4.98. The summed E-state index contributed by atoms with van der Waals surface area (Å²) < 4.78 is 41.8. The normalized spacial score (nSPS) is 26.4. The number of ether oxygens (including phenoxy) is 1. The highest BCUT2D eigenvalue weighted by Crippen LogP contribution is 2.52. The van der Waals surface area contributed by atoms with Crippen molar-refractivity contribution in [2.24, 2.45) is 11.8 Å². The lowest BCUT2D eigenvalue weighted by molar-refractivity contribution is -0.274. The zero-order valence-electron chi connectivity index (χ0n) is 14.2. The van der Waals surface area contributed by atoms with E-state index in [1.54, 1.807) is 12.1 Å². The third-order valence-corrected chi connectivity index (χ3v) is 4.98. The predicted octanol–water partition coefficient (Wildman–Crippen LogP) is 3.15. The van der Waals surface area contributed by atoms with Crippen LogP contribution in [0.1, 0.15) is 30.7 Å². The molecular formula is C18H23F3N2O2. The molecule has 1 saturated heterocycles. The van der Waals surface area contributed by atoms with Gasteiger partial charge in [-0.05, 0) is 56.3 Å². The van der Waals surface area contributed by atoms with Crippen LogP contribution in [0.4, 0.5) is 13.2 Å². The molecule has 1 aliphatic heterocycles. The van der Waals surface area contributed by atoms with E-state index in [0.717, 1.165) is 32.5 Å². The Kier molecular flexibility index (Phi) is 5.22. The summed E-state index contributed by atoms with van der Waals surface area (Å²) >= 11 is 0. The summed E-state index contributed by atoms with van der Waals surface area (Å²) in [5.41, 5.74) is 0.474. The molecule has 1 N–H and O–H groups in total. The molecule has 3 rings (SSSR count). The third kappa shape index (κ3) is 4.45. The molecule has 0 bridgehead atoms. The second-order valence-corrected chi connectivity index (χ2v) is 6.88. The highest BCUT2D eigenvalue weighted by atomic mass is 19.4. The van der Waals surface area contributed by atoms with Crippen molar-refractivity contribution < 1.29 is 22.7 Å². The second kappa shape index (κ2) is 7.23. The minimum atomic E-state index is -4.72. The second-order valence-electron chi connectivity index (χ2n) is 6.88. The number of halogens is 3. The van der Waals surface area contributed by atoms with Gasteiger partial charge in [-0.3, -0.25) is 4.79 Å². The van der Waals surface area contributed by atoms with E-state index in [1.807, 2.05) is 11.9 Å². The summed E-state index contributed by atoms with van der Waals surface area (Å²) in [6.45, 7) is 2.34. The van der Waals surface area contributed by atoms with Crippen molar-refractivity contribution in [3.05, 3.63) is 29.8 Å². The summed E-state index contributed by atoms with van der Waals surface area (Å²) in [6.07, 6.45) is -2.06. The molecule has 1 amide bonds. The van der Waals surface area contributed by atoms with Gasteiger partial charge in [0, 0.05) is 19.0 Å². The number of nitrogens with zero attached hydrogens (tertiary/aromatic N) is 1. The van der Waals surface area contributed by atoms with E-state index in [-0.39, 0.29) is 23.5 Å². The maximum absolute atomic E-state index is 12.7. The van der Waals surface area contributed by atoms with Crippen molar-refractivity contribution in [2.45, 2.75) is 31.5 Å². The Morgan fingerprint density at radius 3 is 2.84 bits per heavy atom. The number of hydrogen-bond donors (Lipinski definition) is 1. The fourth-order valence-electron chi connectivity index (χ4n) is 3.77. The van der Waals surface area contributed by atoms with Gasteiger partial charge >= 0.3 is 6.36 Å². The number of alkyl halides is 3. The van der Waals surface area contributed by atoms with Crippen molar-refractivity contribution in [1.82, 2.24) is 10.2 Å². The van der Waals surface area contributed by atoms with Gasteiger partial charge in [0.25, 0.3) is 0 Å². The van der Waals surface area contributed by atoms with Gasteiger partial charge in [-0.25, -0.2) is 0 Å². The number of piperidine rings is 1. The number of benzene rings is 1. The van der Waals surface area contributed by atoms with Crippen LogP contribution in [0.25, 0.3) is 0 Å². The van der Waals surface area contributed by atoms with E-state index in [0.29, 0.717) is 17.9 Å². The average molecular weight is 356 g/mol. The van der Waals surface area contributed by atoms with E-state index < -0.39 is 6.36 Å². The first-order valence-electron chi connectivity index (χ1n) is 8.67. The Labute approximate surface area is 145 Å². The smallest absolute Gasteiger partial charge is 0.405 e. The SMILES string of the molecule is CNC[C@@H]1CCCN(C(=O)[C@H]2C[C@H]2c2ccccc2OC(F)(F)F)C1. The first-order valence-corrected chi connectivity index (χ1v) is 8.67. The fraction of sp³-hybridized carbons (Fsp3) is 0.611. The molecule has 1 aliphatic carbocycles. The summed E-state index contributed by atoms with van der Waals surface area (Å²) in [4.78, 5) is 14.6. The lowest BCUT2D eigenvalue weighted by Crippen LogP contribution is -2.43. The molecule has 1 aromatic rings. The highest BCUT2D eigenvalue weighted by molar-refractivity contribution is 5.83. The molecule has 1 heterocycles. The molecule has 3 atom stereocenters. The summed E-state index contributed by atoms with van der Waals surface area (Å²) in [5, 5.41) is 3.14. The van der Waals surface area contributed by atoms with Crippen LogP contribution in [0.2, 0.25) is 0 Å². The first-order chi connectivity index (χ1) is 11.9. The molecule has 4 nitrogen and oxygen atoms in total. The Hall–Kier alpha value is -1.76. The van der Waals surface area contributed by atoms with Crippen LogP contribution in [0, 0.1) is 11.8 Å². The Bertz CT molecular complexity index is 619. The maximum atomic E-state index is 12.7. The molecule has 1 aromatic carbocycles. The van der Waals surface area contributed by atoms with Gasteiger partial charge in [-0.15, -0.1) is 13.2 Å². The lowest BCUT2D eigenvalue weighted by atomic mass is 9.97. The van der Waals surface area contributed by atoms with Crippen LogP contribution in [0.15, 0.2) is 24.3 Å². The Morgan fingerprint density at radius 1 is 1.36 bits per heavy atom. The minimum Gasteiger partial charge on any atom is -0.405 e. The zero-order valence-corrected chi connectivity index (χ0v) is 14.2. The quantitative estimate of drug-likeness (QED) is 0.881. The van der Waals surface area contributed by atoms with Crippen molar-refractivity contribution in [1.29, 1.82) is 0 Å². The number of rotatable bonds is 5. The molecule has 25 heavy (non-hydrogen) atoms. The molecule has 2 aliphatic rings. The summed E-state index contributed by atoms with van der Waals surface area (Å²) in [7, 11) is 1.90. The van der Waals surface area contributed by atoms with Gasteiger partial charge in [0.05, 0.1) is 0 Å². The van der Waals surface area contributed by atoms with Gasteiger partial charge in [-0.1, -0.05) is 18.2 Å². The van der Waals surface area contributed by atoms with Crippen LogP contribution in [-0.4, -0.2) is 43.9 Å². The van der Waals surface area contributed by atoms with Crippen LogP contribution < -0.4 is 10.1 Å². The van der Waals surface area contributed by atoms with Crippen molar-refractivity contribution in [3.8, 4) is 5.75 Å². The first kappa shape index (κ1) is 18.0. The van der Waals surface area contributed by atoms with Gasteiger partial charge < -0.3 is 15.0 Å². The Morgan fingerprint density at radius 2 is 2.12 bits per heavy atom. The number of hydrogen-bond acceptors (Lipinski definition) is 3. The lowest BCUT2D eigenvalue weighted by Gasteiger charge is -2.33. The molecule has 138 valence electrons. The minimum absolute atomic E-state index is 0.0626. The van der Waals surface area contributed by atoms with Crippen LogP contribution in [0.3, 0.4) is 0 Å². The number of para-hydroxylation sites is 1. The number of nitrogens with one attached hydrogen (secondary N) is 1. The summed E-state index contributed by atoms with van der Waals surface area (Å²) in [6, 6.07) is 6.13. The molecule has 0 aromatic heterocycles. The van der Waals surface area contributed by atoms with Crippen LogP contribution in [0.5, 0.6) is 5.75 Å². The standard InChI is InChI=1S/C18H23F3N2O2/c1-22-10-12-5-4-8-23(11-12)17(24)15-9-14(15)13-6-2-3-7-16(13)25-18(19,20)21/h2-3,6-7,12,14-15,22H,4-5,8-11H2,1H3/t12-,14-,15-/m0/s1. The van der Waals surface area contributed by atoms with Gasteiger partial charge in [-0.2, -0.15) is 0 Å². The summed E-state index contributed by atoms with van der Waals surface area (Å²) in [5.74, 6) is -0.0996. The molecule has 1 saturated carbocycles. The number of amides is 1.